The fourth-order valence-electron chi connectivity index (χ4n) is 2.05. The molecule has 0 radical (unpaired) electrons. The molecule has 0 unspecified atom stereocenters. The average Bonchev–Trinajstić information content (AvgIpc) is 2.49. The third-order valence-electron chi connectivity index (χ3n) is 3.51. The molecular formula is C16H20BrNO5. The van der Waals surface area contributed by atoms with E-state index in [0.717, 1.165) is 4.47 Å². The van der Waals surface area contributed by atoms with Gasteiger partial charge in [-0.15, -0.1) is 0 Å². The van der Waals surface area contributed by atoms with Crippen molar-refractivity contribution in [2.45, 2.75) is 26.3 Å². The standard InChI is InChI=1S/C16H20BrNO5/c1-9(2)12(15(21)18-13(8-19)16(22)23)7-14(20)10-3-5-11(17)6-4-10/h3-6,9,12-13,19H,7-8H2,1-2H3,(H,18,21)(H,22,23)/t12-,13-/m0/s1. The third kappa shape index (κ3) is 5.76. The zero-order valence-electron chi connectivity index (χ0n) is 13.0. The number of rotatable bonds is 8. The number of amides is 1. The topological polar surface area (TPSA) is 104 Å². The molecule has 0 aliphatic rings. The molecular weight excluding hydrogens is 366 g/mol. The van der Waals surface area contributed by atoms with Gasteiger partial charge in [-0.3, -0.25) is 9.59 Å². The van der Waals surface area contributed by atoms with E-state index in [0.29, 0.717) is 5.56 Å². The summed E-state index contributed by atoms with van der Waals surface area (Å²) < 4.78 is 0.847. The summed E-state index contributed by atoms with van der Waals surface area (Å²) in [5.41, 5.74) is 0.489. The number of hydrogen-bond donors (Lipinski definition) is 3. The summed E-state index contributed by atoms with van der Waals surface area (Å²) in [5.74, 6) is -2.88. The van der Waals surface area contributed by atoms with Crippen LogP contribution < -0.4 is 5.32 Å². The zero-order chi connectivity index (χ0) is 17.6. The van der Waals surface area contributed by atoms with Crippen LogP contribution in [-0.4, -0.2) is 40.5 Å². The van der Waals surface area contributed by atoms with Gasteiger partial charge in [0.15, 0.2) is 5.78 Å². The Kier molecular flexibility index (Phi) is 7.38. The number of carbonyl (C=O) groups is 3. The van der Waals surface area contributed by atoms with Crippen LogP contribution in [0.3, 0.4) is 0 Å². The number of aliphatic hydroxyl groups is 1. The second kappa shape index (κ2) is 8.79. The van der Waals surface area contributed by atoms with Gasteiger partial charge >= 0.3 is 5.97 Å². The molecule has 0 aliphatic heterocycles. The molecule has 1 aromatic rings. The Morgan fingerprint density at radius 3 is 2.17 bits per heavy atom. The van der Waals surface area contributed by atoms with Crippen molar-refractivity contribution in [3.8, 4) is 0 Å². The van der Waals surface area contributed by atoms with Crippen LogP contribution in [0.4, 0.5) is 0 Å². The van der Waals surface area contributed by atoms with E-state index in [1.165, 1.54) is 0 Å². The van der Waals surface area contributed by atoms with Crippen LogP contribution in [0.25, 0.3) is 0 Å². The maximum atomic E-state index is 12.3. The SMILES string of the molecule is CC(C)[C@H](CC(=O)c1ccc(Br)cc1)C(=O)N[C@@H](CO)C(=O)O. The number of carbonyl (C=O) groups excluding carboxylic acids is 2. The van der Waals surface area contributed by atoms with Crippen LogP contribution in [0, 0.1) is 11.8 Å². The summed E-state index contributed by atoms with van der Waals surface area (Å²) in [5, 5.41) is 20.1. The number of Topliss-reactive ketones (excluding diaryl/α,β-unsaturated/α-hetero) is 1. The molecule has 0 saturated heterocycles. The number of hydrogen-bond acceptors (Lipinski definition) is 4. The predicted octanol–water partition coefficient (Wildman–Crippen LogP) is 1.86. The van der Waals surface area contributed by atoms with Crippen LogP contribution in [0.1, 0.15) is 30.6 Å². The predicted molar refractivity (Wildman–Crippen MR) is 88.1 cm³/mol. The number of carboxylic acid groups (broad SMARTS) is 1. The molecule has 6 nitrogen and oxygen atoms in total. The Labute approximate surface area is 143 Å². The molecule has 0 aliphatic carbocycles. The first-order valence-electron chi connectivity index (χ1n) is 7.19. The molecule has 1 amide bonds. The van der Waals surface area contributed by atoms with Crippen LogP contribution in [0.15, 0.2) is 28.7 Å². The minimum atomic E-state index is -1.37. The highest BCUT2D eigenvalue weighted by Crippen LogP contribution is 2.20. The van der Waals surface area contributed by atoms with Crippen molar-refractivity contribution in [2.24, 2.45) is 11.8 Å². The second-order valence-corrected chi connectivity index (χ2v) is 6.48. The fourth-order valence-corrected chi connectivity index (χ4v) is 2.31. The number of carboxylic acids is 1. The van der Waals surface area contributed by atoms with E-state index >= 15 is 0 Å². The second-order valence-electron chi connectivity index (χ2n) is 5.57. The van der Waals surface area contributed by atoms with Crippen molar-refractivity contribution in [2.75, 3.05) is 6.61 Å². The molecule has 0 heterocycles. The van der Waals surface area contributed by atoms with Crippen LogP contribution in [-0.2, 0) is 9.59 Å². The van der Waals surface area contributed by atoms with Gasteiger partial charge in [0.2, 0.25) is 5.91 Å². The highest BCUT2D eigenvalue weighted by molar-refractivity contribution is 9.10. The first-order chi connectivity index (χ1) is 10.8. The number of aliphatic carboxylic acids is 1. The number of benzene rings is 1. The highest BCUT2D eigenvalue weighted by Gasteiger charge is 2.29. The monoisotopic (exact) mass is 385 g/mol. The summed E-state index contributed by atoms with van der Waals surface area (Å²) in [6, 6.07) is 5.44. The molecule has 0 bridgehead atoms. The summed E-state index contributed by atoms with van der Waals surface area (Å²) >= 11 is 3.29. The van der Waals surface area contributed by atoms with Gasteiger partial charge in [-0.1, -0.05) is 41.9 Å². The molecule has 0 aromatic heterocycles. The number of halogens is 1. The van der Waals surface area contributed by atoms with Gasteiger partial charge in [-0.2, -0.15) is 0 Å². The highest BCUT2D eigenvalue weighted by atomic mass is 79.9. The van der Waals surface area contributed by atoms with E-state index in [1.54, 1.807) is 38.1 Å². The zero-order valence-corrected chi connectivity index (χ0v) is 14.5. The van der Waals surface area contributed by atoms with Crippen molar-refractivity contribution in [1.82, 2.24) is 5.32 Å². The molecule has 3 N–H and O–H groups in total. The summed E-state index contributed by atoms with van der Waals surface area (Å²) in [7, 11) is 0. The van der Waals surface area contributed by atoms with Gasteiger partial charge in [0.25, 0.3) is 0 Å². The van der Waals surface area contributed by atoms with Crippen molar-refractivity contribution >= 4 is 33.6 Å². The smallest absolute Gasteiger partial charge is 0.328 e. The molecule has 0 saturated carbocycles. The molecule has 7 heteroatoms. The van der Waals surface area contributed by atoms with Gasteiger partial charge in [-0.25, -0.2) is 4.79 Å². The maximum Gasteiger partial charge on any atom is 0.328 e. The minimum Gasteiger partial charge on any atom is -0.480 e. The summed E-state index contributed by atoms with van der Waals surface area (Å²) in [6.07, 6.45) is -0.0249. The maximum absolute atomic E-state index is 12.3. The first-order valence-corrected chi connectivity index (χ1v) is 7.98. The largest absolute Gasteiger partial charge is 0.480 e. The summed E-state index contributed by atoms with van der Waals surface area (Å²) in [4.78, 5) is 35.4. The number of ketones is 1. The van der Waals surface area contributed by atoms with Crippen molar-refractivity contribution in [3.05, 3.63) is 34.3 Å². The van der Waals surface area contributed by atoms with E-state index in [4.69, 9.17) is 10.2 Å². The van der Waals surface area contributed by atoms with E-state index in [2.05, 4.69) is 21.2 Å². The molecule has 2 atom stereocenters. The Bertz CT molecular complexity index is 570. The normalized spacial score (nSPS) is 13.4. The lowest BCUT2D eigenvalue weighted by Gasteiger charge is -2.21. The Hall–Kier alpha value is -1.73. The van der Waals surface area contributed by atoms with Gasteiger partial charge in [0, 0.05) is 22.4 Å². The number of aliphatic hydroxyl groups excluding tert-OH is 1. The molecule has 0 spiro atoms. The lowest BCUT2D eigenvalue weighted by Crippen LogP contribution is -2.47. The van der Waals surface area contributed by atoms with Crippen molar-refractivity contribution in [1.29, 1.82) is 0 Å². The molecule has 1 rings (SSSR count). The fraction of sp³-hybridized carbons (Fsp3) is 0.438. The Morgan fingerprint density at radius 1 is 1.17 bits per heavy atom. The van der Waals surface area contributed by atoms with E-state index in [1.807, 2.05) is 0 Å². The van der Waals surface area contributed by atoms with Crippen molar-refractivity contribution < 1.29 is 24.6 Å². The molecule has 1 aromatic carbocycles. The minimum absolute atomic E-state index is 0.0249. The van der Waals surface area contributed by atoms with Crippen LogP contribution in [0.2, 0.25) is 0 Å². The lowest BCUT2D eigenvalue weighted by molar-refractivity contribution is -0.143. The first kappa shape index (κ1) is 19.3. The van der Waals surface area contributed by atoms with Crippen molar-refractivity contribution in [3.63, 3.8) is 0 Å². The Morgan fingerprint density at radius 2 is 1.74 bits per heavy atom. The van der Waals surface area contributed by atoms with E-state index in [-0.39, 0.29) is 18.1 Å². The van der Waals surface area contributed by atoms with E-state index in [9.17, 15) is 14.4 Å². The number of nitrogens with one attached hydrogen (secondary N) is 1. The van der Waals surface area contributed by atoms with E-state index < -0.39 is 30.4 Å². The Balaban J connectivity index is 2.82. The third-order valence-corrected chi connectivity index (χ3v) is 4.04. The quantitative estimate of drug-likeness (QED) is 0.592. The molecule has 23 heavy (non-hydrogen) atoms. The van der Waals surface area contributed by atoms with Gasteiger partial charge in [0.1, 0.15) is 6.04 Å². The van der Waals surface area contributed by atoms with Gasteiger partial charge in [0.05, 0.1) is 6.61 Å². The summed E-state index contributed by atoms with van der Waals surface area (Å²) in [6.45, 7) is 2.87. The van der Waals surface area contributed by atoms with Crippen LogP contribution >= 0.6 is 15.9 Å². The molecule has 0 fully saturated rings. The average molecular weight is 386 g/mol. The van der Waals surface area contributed by atoms with Gasteiger partial charge < -0.3 is 15.5 Å². The lowest BCUT2D eigenvalue weighted by atomic mass is 9.88. The van der Waals surface area contributed by atoms with Gasteiger partial charge in [-0.05, 0) is 18.1 Å². The molecule has 126 valence electrons. The van der Waals surface area contributed by atoms with Crippen LogP contribution in [0.5, 0.6) is 0 Å².